The van der Waals surface area contributed by atoms with Crippen molar-refractivity contribution in [3.63, 3.8) is 0 Å². The van der Waals surface area contributed by atoms with E-state index in [2.05, 4.69) is 5.32 Å². The Kier molecular flexibility index (Phi) is 5.77. The van der Waals surface area contributed by atoms with E-state index in [9.17, 15) is 19.5 Å². The van der Waals surface area contributed by atoms with Gasteiger partial charge in [0.05, 0.1) is 0 Å². The SMILES string of the molecule is CC(C)[C@H]1C(O)=C([15NH]C(=O)OC(C)(C)C)C(=O)N1C(=O)OC(C)(C)C. The summed E-state index contributed by atoms with van der Waals surface area (Å²) in [5.74, 6) is -1.51. The second-order valence-corrected chi connectivity index (χ2v) is 8.23. The highest BCUT2D eigenvalue weighted by Gasteiger charge is 2.47. The zero-order chi connectivity index (χ0) is 19.7. The molecule has 0 bridgehead atoms. The zero-order valence-corrected chi connectivity index (χ0v) is 16.1. The highest BCUT2D eigenvalue weighted by molar-refractivity contribution is 6.07. The van der Waals surface area contributed by atoms with Gasteiger partial charge in [0.15, 0.2) is 5.70 Å². The van der Waals surface area contributed by atoms with Crippen LogP contribution in [-0.2, 0) is 14.3 Å². The van der Waals surface area contributed by atoms with Gasteiger partial charge in [-0.05, 0) is 47.5 Å². The number of ether oxygens (including phenoxy) is 2. The minimum absolute atomic E-state index is 0.283. The molecule has 0 unspecified atom stereocenters. The lowest BCUT2D eigenvalue weighted by Gasteiger charge is -2.29. The number of alkyl carbamates (subject to hydrolysis) is 1. The van der Waals surface area contributed by atoms with Crippen LogP contribution in [0.25, 0.3) is 0 Å². The number of nitrogens with one attached hydrogen (secondary N) is 1. The van der Waals surface area contributed by atoms with E-state index in [4.69, 9.17) is 9.47 Å². The van der Waals surface area contributed by atoms with E-state index >= 15 is 0 Å². The molecule has 0 saturated heterocycles. The average Bonchev–Trinajstić information content (AvgIpc) is 2.58. The third-order valence-corrected chi connectivity index (χ3v) is 3.09. The van der Waals surface area contributed by atoms with E-state index in [0.717, 1.165) is 4.90 Å². The van der Waals surface area contributed by atoms with Crippen LogP contribution in [0.3, 0.4) is 0 Å². The van der Waals surface area contributed by atoms with Crippen molar-refractivity contribution in [3.05, 3.63) is 11.5 Å². The van der Waals surface area contributed by atoms with Gasteiger partial charge in [-0.3, -0.25) is 10.1 Å². The first-order valence-corrected chi connectivity index (χ1v) is 8.13. The van der Waals surface area contributed by atoms with Gasteiger partial charge in [-0.1, -0.05) is 13.8 Å². The quantitative estimate of drug-likeness (QED) is 0.736. The molecule has 1 aliphatic heterocycles. The minimum Gasteiger partial charge on any atom is -0.508 e. The molecule has 0 saturated carbocycles. The lowest BCUT2D eigenvalue weighted by Crippen LogP contribution is -2.46. The first-order chi connectivity index (χ1) is 11.1. The summed E-state index contributed by atoms with van der Waals surface area (Å²) in [7, 11) is 0. The van der Waals surface area contributed by atoms with Gasteiger partial charge in [0.2, 0.25) is 0 Å². The smallest absolute Gasteiger partial charge is 0.418 e. The second-order valence-electron chi connectivity index (χ2n) is 8.23. The van der Waals surface area contributed by atoms with Crippen LogP contribution >= 0.6 is 0 Å². The van der Waals surface area contributed by atoms with Gasteiger partial charge in [-0.25, -0.2) is 14.5 Å². The van der Waals surface area contributed by atoms with Crippen molar-refractivity contribution in [2.75, 3.05) is 0 Å². The largest absolute Gasteiger partial charge is 0.508 e. The predicted octanol–water partition coefficient (Wildman–Crippen LogP) is 3.08. The third-order valence-electron chi connectivity index (χ3n) is 3.09. The molecule has 0 aliphatic carbocycles. The van der Waals surface area contributed by atoms with Gasteiger partial charge in [-0.2, -0.15) is 0 Å². The Balaban J connectivity index is 3.09. The van der Waals surface area contributed by atoms with Gasteiger partial charge in [0.1, 0.15) is 23.0 Å². The summed E-state index contributed by atoms with van der Waals surface area (Å²) in [6, 6.07) is -0.924. The molecule has 1 rings (SSSR count). The molecular weight excluding hydrogens is 329 g/mol. The van der Waals surface area contributed by atoms with Gasteiger partial charge < -0.3 is 14.6 Å². The highest BCUT2D eigenvalue weighted by atomic mass is 16.6. The number of hydrogen-bond acceptors (Lipinski definition) is 6. The van der Waals surface area contributed by atoms with Crippen LogP contribution in [0.4, 0.5) is 9.59 Å². The molecule has 0 radical (unpaired) electrons. The van der Waals surface area contributed by atoms with E-state index < -0.39 is 41.1 Å². The fourth-order valence-electron chi connectivity index (χ4n) is 2.27. The summed E-state index contributed by atoms with van der Waals surface area (Å²) in [5.41, 5.74) is -1.96. The number of amides is 3. The average molecular weight is 357 g/mol. The number of hydrogen-bond donors (Lipinski definition) is 2. The summed E-state index contributed by atoms with van der Waals surface area (Å²) >= 11 is 0. The molecule has 0 spiro atoms. The fraction of sp³-hybridized carbons (Fsp3) is 0.706. The maximum Gasteiger partial charge on any atom is 0.418 e. The molecule has 1 aliphatic rings. The van der Waals surface area contributed by atoms with Crippen LogP contribution < -0.4 is 5.32 Å². The number of aliphatic hydroxyl groups is 1. The second kappa shape index (κ2) is 6.93. The number of carbonyl (C=O) groups excluding carboxylic acids is 3. The van der Waals surface area contributed by atoms with Crippen molar-refractivity contribution in [2.24, 2.45) is 5.92 Å². The zero-order valence-electron chi connectivity index (χ0n) is 16.1. The van der Waals surface area contributed by atoms with Gasteiger partial charge in [0, 0.05) is 0 Å². The van der Waals surface area contributed by atoms with E-state index in [0.29, 0.717) is 0 Å². The number of imide groups is 1. The summed E-state index contributed by atoms with van der Waals surface area (Å²) in [4.78, 5) is 37.7. The first kappa shape index (κ1) is 20.8. The monoisotopic (exact) mass is 357 g/mol. The van der Waals surface area contributed by atoms with Crippen molar-refractivity contribution in [1.29, 1.82) is 0 Å². The topological polar surface area (TPSA) is 105 Å². The molecule has 0 aromatic heterocycles. The molecule has 25 heavy (non-hydrogen) atoms. The van der Waals surface area contributed by atoms with Crippen molar-refractivity contribution in [1.82, 2.24) is 10.2 Å². The van der Waals surface area contributed by atoms with Crippen LogP contribution in [0.5, 0.6) is 0 Å². The number of rotatable bonds is 2. The molecule has 0 aromatic carbocycles. The van der Waals surface area contributed by atoms with E-state index in [1.807, 2.05) is 0 Å². The first-order valence-electron chi connectivity index (χ1n) is 8.13. The minimum atomic E-state index is -0.924. The maximum atomic E-state index is 12.6. The Bertz CT molecular complexity index is 595. The van der Waals surface area contributed by atoms with Crippen molar-refractivity contribution in [2.45, 2.75) is 72.6 Å². The maximum absolute atomic E-state index is 12.6. The molecule has 0 aromatic rings. The molecule has 3 amide bonds. The Morgan fingerprint density at radius 3 is 1.96 bits per heavy atom. The van der Waals surface area contributed by atoms with Crippen LogP contribution in [0.2, 0.25) is 0 Å². The van der Waals surface area contributed by atoms with Crippen molar-refractivity contribution in [3.8, 4) is 0 Å². The Morgan fingerprint density at radius 1 is 1.08 bits per heavy atom. The lowest BCUT2D eigenvalue weighted by atomic mass is 10.0. The molecule has 0 fully saturated rings. The third kappa shape index (κ3) is 5.37. The number of carbonyl (C=O) groups is 3. The van der Waals surface area contributed by atoms with Crippen LogP contribution in [0, 0.1) is 5.92 Å². The summed E-state index contributed by atoms with van der Waals surface area (Å²) < 4.78 is 10.3. The van der Waals surface area contributed by atoms with Crippen LogP contribution in [0.15, 0.2) is 11.5 Å². The Hall–Kier alpha value is -2.25. The number of nitrogens with zero attached hydrogens (tertiary/aromatic N) is 1. The molecule has 1 heterocycles. The molecule has 8 nitrogen and oxygen atoms in total. The van der Waals surface area contributed by atoms with E-state index in [-0.39, 0.29) is 11.6 Å². The van der Waals surface area contributed by atoms with Crippen LogP contribution in [0.1, 0.15) is 55.4 Å². The molecule has 1 atom stereocenters. The fourth-order valence-corrected chi connectivity index (χ4v) is 2.27. The highest BCUT2D eigenvalue weighted by Crippen LogP contribution is 2.30. The van der Waals surface area contributed by atoms with E-state index in [1.54, 1.807) is 55.4 Å². The Labute approximate surface area is 148 Å². The predicted molar refractivity (Wildman–Crippen MR) is 90.7 cm³/mol. The number of aliphatic hydroxyl groups excluding tert-OH is 1. The standard InChI is InChI=1S/C17H28N2O6/c1-9(2)11-12(20)10(18-14(22)24-16(3,4)5)13(21)19(11)15(23)25-17(6,7)8/h9,11,20H,1-8H3,(H,18,22)/t11-/m0/s1/i18+1. The Morgan fingerprint density at radius 2 is 1.56 bits per heavy atom. The summed E-state index contributed by atoms with van der Waals surface area (Å²) in [5, 5.41) is 12.6. The summed E-state index contributed by atoms with van der Waals surface area (Å²) in [6.07, 6.45) is -1.78. The van der Waals surface area contributed by atoms with Gasteiger partial charge in [0.25, 0.3) is 5.91 Å². The lowest BCUT2D eigenvalue weighted by molar-refractivity contribution is -0.127. The van der Waals surface area contributed by atoms with Crippen molar-refractivity contribution < 1.29 is 29.0 Å². The van der Waals surface area contributed by atoms with Crippen LogP contribution in [-0.4, -0.2) is 45.3 Å². The molecule has 8 heteroatoms. The van der Waals surface area contributed by atoms with Gasteiger partial charge in [-0.15, -0.1) is 0 Å². The van der Waals surface area contributed by atoms with Crippen molar-refractivity contribution >= 4 is 18.1 Å². The summed E-state index contributed by atoms with van der Waals surface area (Å²) in [6.45, 7) is 13.5. The van der Waals surface area contributed by atoms with Gasteiger partial charge >= 0.3 is 12.2 Å². The van der Waals surface area contributed by atoms with E-state index in [1.165, 1.54) is 0 Å². The normalized spacial score (nSPS) is 18.7. The molecule has 142 valence electrons. The molecular formula is C17H28N2O6. The molecule has 2 N–H and O–H groups in total.